The largest absolute Gasteiger partial charge is 1.00 e. The van der Waals surface area contributed by atoms with Gasteiger partial charge in [0.15, 0.2) is 0 Å². The van der Waals surface area contributed by atoms with Gasteiger partial charge in [-0.2, -0.15) is 6.61 Å². The molecule has 0 atom stereocenters. The van der Waals surface area contributed by atoms with Crippen molar-refractivity contribution in [3.8, 4) is 5.75 Å². The fourth-order valence-electron chi connectivity index (χ4n) is 2.23. The number of amides is 1. The summed E-state index contributed by atoms with van der Waals surface area (Å²) in [7, 11) is 1.65. The van der Waals surface area contributed by atoms with E-state index >= 15 is 0 Å². The summed E-state index contributed by atoms with van der Waals surface area (Å²) >= 11 is 0. The molecule has 0 spiro atoms. The molecule has 0 aromatic heterocycles. The predicted octanol–water partition coefficient (Wildman–Crippen LogP) is 1.05. The Kier molecular flexibility index (Phi) is 10.1. The van der Waals surface area contributed by atoms with E-state index in [2.05, 4.69) is 0 Å². The third-order valence-corrected chi connectivity index (χ3v) is 3.22. The second-order valence-corrected chi connectivity index (χ2v) is 5.53. The van der Waals surface area contributed by atoms with Crippen molar-refractivity contribution in [2.45, 2.75) is 52.6 Å². The molecule has 0 aliphatic rings. The molecule has 0 heterocycles. The number of benzene rings is 1. The molecule has 0 saturated heterocycles. The van der Waals surface area contributed by atoms with Gasteiger partial charge < -0.3 is 14.4 Å². The van der Waals surface area contributed by atoms with E-state index in [1.165, 1.54) is 5.56 Å². The second-order valence-electron chi connectivity index (χ2n) is 5.53. The Bertz CT molecular complexity index is 424. The number of aryl methyl sites for hydroxylation is 1. The standard InChI is InChI=1S/C17H26NO3.Li/c1-13(2)18(14(3)4)17(19)21-12-6-7-15-8-10-16(20-5)11-9-15;/h8-14H,6-7H2,1-5H3;/q-1;+1. The van der Waals surface area contributed by atoms with Crippen LogP contribution in [0, 0.1) is 6.61 Å². The molecular weight excluding hydrogens is 273 g/mol. The molecule has 0 radical (unpaired) electrons. The SMILES string of the molecule is COc1ccc(CC[CH-]OC(=O)N(C(C)C)C(C)C)cc1.[Li+]. The van der Waals surface area contributed by atoms with E-state index in [1.807, 2.05) is 52.0 Å². The maximum atomic E-state index is 12.0. The minimum atomic E-state index is -0.283. The summed E-state index contributed by atoms with van der Waals surface area (Å²) in [6, 6.07) is 8.16. The van der Waals surface area contributed by atoms with Crippen LogP contribution in [0.4, 0.5) is 4.79 Å². The maximum Gasteiger partial charge on any atom is 1.00 e. The van der Waals surface area contributed by atoms with Gasteiger partial charge in [-0.3, -0.25) is 0 Å². The molecule has 4 nitrogen and oxygen atoms in total. The smallest absolute Gasteiger partial charge is 0.621 e. The topological polar surface area (TPSA) is 38.8 Å². The molecular formula is C17H26LiNO3. The molecule has 0 saturated carbocycles. The van der Waals surface area contributed by atoms with Crippen molar-refractivity contribution in [3.05, 3.63) is 36.4 Å². The quantitative estimate of drug-likeness (QED) is 0.429. The number of methoxy groups -OCH3 is 1. The molecule has 0 unspecified atom stereocenters. The van der Waals surface area contributed by atoms with Gasteiger partial charge in [0.05, 0.1) is 7.11 Å². The minimum absolute atomic E-state index is 0. The van der Waals surface area contributed by atoms with E-state index in [-0.39, 0.29) is 37.0 Å². The van der Waals surface area contributed by atoms with Crippen molar-refractivity contribution in [2.75, 3.05) is 7.11 Å². The Morgan fingerprint density at radius 2 is 1.68 bits per heavy atom. The molecule has 0 aliphatic carbocycles. The molecule has 5 heteroatoms. The summed E-state index contributed by atoms with van der Waals surface area (Å²) in [5.41, 5.74) is 1.19. The Labute approximate surface area is 146 Å². The van der Waals surface area contributed by atoms with Crippen LogP contribution >= 0.6 is 0 Å². The van der Waals surface area contributed by atoms with Crippen molar-refractivity contribution in [1.29, 1.82) is 0 Å². The van der Waals surface area contributed by atoms with E-state index in [0.717, 1.165) is 12.2 Å². The first-order chi connectivity index (χ1) is 9.95. The van der Waals surface area contributed by atoms with Crippen LogP contribution in [0.2, 0.25) is 0 Å². The summed E-state index contributed by atoms with van der Waals surface area (Å²) in [5, 5.41) is 0. The molecule has 0 aliphatic heterocycles. The van der Waals surface area contributed by atoms with Gasteiger partial charge in [-0.1, -0.05) is 24.1 Å². The zero-order valence-electron chi connectivity index (χ0n) is 14.6. The van der Waals surface area contributed by atoms with Gasteiger partial charge in [0.1, 0.15) is 5.75 Å². The molecule has 0 bridgehead atoms. The minimum Gasteiger partial charge on any atom is -0.621 e. The van der Waals surface area contributed by atoms with Crippen molar-refractivity contribution < 1.29 is 33.1 Å². The van der Waals surface area contributed by atoms with E-state index in [0.29, 0.717) is 6.42 Å². The first-order valence-corrected chi connectivity index (χ1v) is 7.39. The summed E-state index contributed by atoms with van der Waals surface area (Å²) in [4.78, 5) is 13.7. The second kappa shape index (κ2) is 10.6. The number of rotatable bonds is 7. The van der Waals surface area contributed by atoms with Crippen LogP contribution in [0.5, 0.6) is 5.75 Å². The molecule has 1 rings (SSSR count). The normalized spacial score (nSPS) is 10.3. The van der Waals surface area contributed by atoms with E-state index < -0.39 is 0 Å². The van der Waals surface area contributed by atoms with E-state index in [1.54, 1.807) is 18.6 Å². The summed E-state index contributed by atoms with van der Waals surface area (Å²) in [6.07, 6.45) is 1.25. The van der Waals surface area contributed by atoms with E-state index in [4.69, 9.17) is 9.47 Å². The molecule has 118 valence electrons. The summed E-state index contributed by atoms with van der Waals surface area (Å²) < 4.78 is 10.3. The Balaban J connectivity index is 0.00000441. The van der Waals surface area contributed by atoms with Gasteiger partial charge in [0.25, 0.3) is 0 Å². The third kappa shape index (κ3) is 6.77. The van der Waals surface area contributed by atoms with Gasteiger partial charge in [-0.15, -0.1) is 6.42 Å². The van der Waals surface area contributed by atoms with Gasteiger partial charge in [0.2, 0.25) is 0 Å². The number of carbonyl (C=O) groups excluding carboxylic acids is 1. The van der Waals surface area contributed by atoms with Crippen LogP contribution in [-0.2, 0) is 11.2 Å². The van der Waals surface area contributed by atoms with E-state index in [9.17, 15) is 4.79 Å². The van der Waals surface area contributed by atoms with Crippen LogP contribution in [0.15, 0.2) is 24.3 Å². The van der Waals surface area contributed by atoms with Crippen molar-refractivity contribution >= 4 is 6.09 Å². The van der Waals surface area contributed by atoms with Gasteiger partial charge in [-0.05, 0) is 39.8 Å². The summed E-state index contributed by atoms with van der Waals surface area (Å²) in [6.45, 7) is 9.53. The molecule has 22 heavy (non-hydrogen) atoms. The van der Waals surface area contributed by atoms with Crippen LogP contribution in [0.25, 0.3) is 0 Å². The average molecular weight is 299 g/mol. The number of ether oxygens (including phenoxy) is 2. The summed E-state index contributed by atoms with van der Waals surface area (Å²) in [5.74, 6) is 0.846. The maximum absolute atomic E-state index is 12.0. The molecule has 1 aromatic rings. The number of hydrogen-bond donors (Lipinski definition) is 0. The molecule has 0 N–H and O–H groups in total. The first-order valence-electron chi connectivity index (χ1n) is 7.39. The van der Waals surface area contributed by atoms with Crippen molar-refractivity contribution in [3.63, 3.8) is 0 Å². The van der Waals surface area contributed by atoms with Crippen LogP contribution in [0.3, 0.4) is 0 Å². The van der Waals surface area contributed by atoms with Gasteiger partial charge >= 0.3 is 25.0 Å². The Morgan fingerprint density at radius 3 is 2.14 bits per heavy atom. The van der Waals surface area contributed by atoms with Gasteiger partial charge in [0, 0.05) is 12.1 Å². The number of hydrogen-bond acceptors (Lipinski definition) is 3. The fourth-order valence-corrected chi connectivity index (χ4v) is 2.23. The molecule has 0 fully saturated rings. The zero-order chi connectivity index (χ0) is 15.8. The van der Waals surface area contributed by atoms with Crippen molar-refractivity contribution in [1.82, 2.24) is 4.90 Å². The average Bonchev–Trinajstić information content (AvgIpc) is 2.43. The Morgan fingerprint density at radius 1 is 1.14 bits per heavy atom. The zero-order valence-corrected chi connectivity index (χ0v) is 14.6. The Hall–Kier alpha value is -1.11. The molecule has 1 aromatic carbocycles. The van der Waals surface area contributed by atoms with Crippen LogP contribution in [-0.4, -0.2) is 30.2 Å². The van der Waals surface area contributed by atoms with Crippen LogP contribution < -0.4 is 23.6 Å². The fraction of sp³-hybridized carbons (Fsp3) is 0.529. The monoisotopic (exact) mass is 299 g/mol. The van der Waals surface area contributed by atoms with Gasteiger partial charge in [-0.25, -0.2) is 4.79 Å². The number of nitrogens with zero attached hydrogens (tertiary/aromatic N) is 1. The van der Waals surface area contributed by atoms with Crippen molar-refractivity contribution in [2.24, 2.45) is 0 Å². The van der Waals surface area contributed by atoms with Crippen LogP contribution in [0.1, 0.15) is 39.7 Å². The predicted molar refractivity (Wildman–Crippen MR) is 84.2 cm³/mol. The third-order valence-electron chi connectivity index (χ3n) is 3.22. The first kappa shape index (κ1) is 20.9. The molecule has 1 amide bonds. The number of carbonyl (C=O) groups is 1.